The molecular formula is C24H27N5O3. The molecule has 4 heterocycles. The molecule has 2 saturated heterocycles. The lowest BCUT2D eigenvalue weighted by molar-refractivity contribution is -0.123. The number of nitrogens with zero attached hydrogens (tertiary/aromatic N) is 4. The number of piperidine rings is 2. The largest absolute Gasteiger partial charge is 0.369 e. The van der Waals surface area contributed by atoms with Gasteiger partial charge in [-0.25, -0.2) is 4.98 Å². The molecule has 0 aliphatic carbocycles. The molecular weight excluding hydrogens is 406 g/mol. The summed E-state index contributed by atoms with van der Waals surface area (Å²) in [4.78, 5) is 46.3. The van der Waals surface area contributed by atoms with Gasteiger partial charge in [-0.15, -0.1) is 0 Å². The average Bonchev–Trinajstić information content (AvgIpc) is 2.84. The van der Waals surface area contributed by atoms with Gasteiger partial charge in [-0.3, -0.25) is 18.8 Å². The molecule has 2 amide bonds. The minimum atomic E-state index is -0.192. The molecule has 32 heavy (non-hydrogen) atoms. The highest BCUT2D eigenvalue weighted by Gasteiger charge is 2.31. The van der Waals surface area contributed by atoms with Crippen LogP contribution in [0.5, 0.6) is 0 Å². The van der Waals surface area contributed by atoms with Crippen LogP contribution < -0.4 is 11.3 Å². The molecule has 0 unspecified atom stereocenters. The smallest absolute Gasteiger partial charge is 0.265 e. The Morgan fingerprint density at radius 1 is 0.938 bits per heavy atom. The summed E-state index contributed by atoms with van der Waals surface area (Å²) in [6.45, 7) is 3.14. The van der Waals surface area contributed by atoms with Crippen molar-refractivity contribution in [2.45, 2.75) is 31.7 Å². The predicted octanol–water partition coefficient (Wildman–Crippen LogP) is 1.65. The molecule has 8 heteroatoms. The van der Waals surface area contributed by atoms with Gasteiger partial charge in [-0.1, -0.05) is 12.1 Å². The van der Waals surface area contributed by atoms with Gasteiger partial charge in [0.15, 0.2) is 0 Å². The zero-order valence-corrected chi connectivity index (χ0v) is 17.9. The van der Waals surface area contributed by atoms with Gasteiger partial charge in [0.25, 0.3) is 11.5 Å². The molecule has 2 N–H and O–H groups in total. The van der Waals surface area contributed by atoms with Crippen LogP contribution in [-0.2, 0) is 4.79 Å². The first-order valence-corrected chi connectivity index (χ1v) is 11.2. The van der Waals surface area contributed by atoms with Gasteiger partial charge in [0, 0.05) is 31.2 Å². The summed E-state index contributed by atoms with van der Waals surface area (Å²) >= 11 is 0. The van der Waals surface area contributed by atoms with Crippen molar-refractivity contribution < 1.29 is 9.59 Å². The molecule has 2 aromatic heterocycles. The van der Waals surface area contributed by atoms with Crippen LogP contribution in [0.4, 0.5) is 0 Å². The van der Waals surface area contributed by atoms with E-state index in [1.165, 1.54) is 4.40 Å². The highest BCUT2D eigenvalue weighted by molar-refractivity contribution is 5.94. The maximum Gasteiger partial charge on any atom is 0.265 e. The minimum absolute atomic E-state index is 0.00386. The number of hydrogen-bond donors (Lipinski definition) is 1. The van der Waals surface area contributed by atoms with Crippen molar-refractivity contribution in [2.75, 3.05) is 26.2 Å². The van der Waals surface area contributed by atoms with E-state index in [9.17, 15) is 14.4 Å². The molecule has 1 aromatic carbocycles. The predicted molar refractivity (Wildman–Crippen MR) is 121 cm³/mol. The van der Waals surface area contributed by atoms with Gasteiger partial charge in [0.1, 0.15) is 5.65 Å². The van der Waals surface area contributed by atoms with Gasteiger partial charge < -0.3 is 15.5 Å². The van der Waals surface area contributed by atoms with E-state index < -0.39 is 0 Å². The average molecular weight is 434 g/mol. The summed E-state index contributed by atoms with van der Waals surface area (Å²) in [6, 6.07) is 11.2. The highest BCUT2D eigenvalue weighted by atomic mass is 16.2. The Kier molecular flexibility index (Phi) is 5.38. The van der Waals surface area contributed by atoms with Crippen molar-refractivity contribution in [2.24, 2.45) is 11.7 Å². The molecule has 8 nitrogen and oxygen atoms in total. The van der Waals surface area contributed by atoms with E-state index in [0.29, 0.717) is 41.2 Å². The second kappa shape index (κ2) is 8.35. The third-order valence-corrected chi connectivity index (χ3v) is 6.96. The normalized spacial score (nSPS) is 18.9. The number of rotatable bonds is 3. The van der Waals surface area contributed by atoms with Gasteiger partial charge in [0.05, 0.1) is 16.5 Å². The van der Waals surface area contributed by atoms with E-state index in [0.717, 1.165) is 38.8 Å². The second-order valence-corrected chi connectivity index (χ2v) is 8.82. The van der Waals surface area contributed by atoms with Crippen molar-refractivity contribution in [1.29, 1.82) is 0 Å². The van der Waals surface area contributed by atoms with E-state index >= 15 is 0 Å². The third kappa shape index (κ3) is 3.75. The summed E-state index contributed by atoms with van der Waals surface area (Å²) in [7, 11) is 0. The maximum atomic E-state index is 13.1. The Hall–Kier alpha value is -3.26. The van der Waals surface area contributed by atoms with Crippen LogP contribution in [0.15, 0.2) is 47.4 Å². The monoisotopic (exact) mass is 433 g/mol. The van der Waals surface area contributed by atoms with Crippen molar-refractivity contribution in [3.8, 4) is 0 Å². The number of amides is 2. The number of primary amides is 1. The summed E-state index contributed by atoms with van der Waals surface area (Å²) in [5.74, 6) is -0.253. The van der Waals surface area contributed by atoms with E-state index in [4.69, 9.17) is 5.73 Å². The van der Waals surface area contributed by atoms with Crippen molar-refractivity contribution in [1.82, 2.24) is 19.2 Å². The fourth-order valence-electron chi connectivity index (χ4n) is 5.04. The highest BCUT2D eigenvalue weighted by Crippen LogP contribution is 2.24. The van der Waals surface area contributed by atoms with Crippen LogP contribution in [0.2, 0.25) is 0 Å². The number of carbonyl (C=O) groups excluding carboxylic acids is 2. The Bertz CT molecular complexity index is 1240. The van der Waals surface area contributed by atoms with Crippen LogP contribution in [-0.4, -0.2) is 63.2 Å². The minimum Gasteiger partial charge on any atom is -0.369 e. The number of fused-ring (bicyclic) bond motifs is 2. The quantitative estimate of drug-likeness (QED) is 0.633. The maximum absolute atomic E-state index is 13.1. The molecule has 0 radical (unpaired) electrons. The number of benzene rings is 1. The number of carbonyl (C=O) groups is 2. The van der Waals surface area contributed by atoms with Crippen LogP contribution in [0.25, 0.3) is 16.6 Å². The van der Waals surface area contributed by atoms with Gasteiger partial charge >= 0.3 is 0 Å². The van der Waals surface area contributed by atoms with E-state index in [1.807, 2.05) is 23.1 Å². The van der Waals surface area contributed by atoms with E-state index in [-0.39, 0.29) is 23.3 Å². The first-order chi connectivity index (χ1) is 15.5. The number of likely N-dealkylation sites (tertiary alicyclic amines) is 2. The van der Waals surface area contributed by atoms with E-state index in [1.54, 1.807) is 24.4 Å². The number of hydrogen-bond acceptors (Lipinski definition) is 5. The topological polar surface area (TPSA) is 101 Å². The SMILES string of the molecule is NC(=O)C1CCN(C2CCN(C(=O)c3ccc4nc5ccccc5c(=O)n4c3)CC2)CC1. The molecule has 5 rings (SSSR count). The molecule has 0 bridgehead atoms. The fourth-order valence-corrected chi connectivity index (χ4v) is 5.04. The first-order valence-electron chi connectivity index (χ1n) is 11.2. The number of nitrogens with two attached hydrogens (primary N) is 1. The molecule has 166 valence electrons. The van der Waals surface area contributed by atoms with Crippen molar-refractivity contribution in [3.05, 3.63) is 58.5 Å². The Balaban J connectivity index is 1.28. The summed E-state index contributed by atoms with van der Waals surface area (Å²) in [5, 5.41) is 0.538. The zero-order chi connectivity index (χ0) is 22.2. The number of para-hydroxylation sites is 1. The van der Waals surface area contributed by atoms with Gasteiger partial charge in [0.2, 0.25) is 5.91 Å². The van der Waals surface area contributed by atoms with Gasteiger partial charge in [-0.05, 0) is 63.0 Å². The Labute approximate surface area is 185 Å². The summed E-state index contributed by atoms with van der Waals surface area (Å²) in [5.41, 5.74) is 6.95. The fraction of sp³-hybridized carbons (Fsp3) is 0.417. The van der Waals surface area contributed by atoms with Crippen molar-refractivity contribution in [3.63, 3.8) is 0 Å². The van der Waals surface area contributed by atoms with Crippen LogP contribution in [0.3, 0.4) is 0 Å². The summed E-state index contributed by atoms with van der Waals surface area (Å²) in [6.07, 6.45) is 5.08. The van der Waals surface area contributed by atoms with Crippen LogP contribution >= 0.6 is 0 Å². The molecule has 3 aromatic rings. The number of aromatic nitrogens is 2. The number of pyridine rings is 1. The molecule has 2 fully saturated rings. The third-order valence-electron chi connectivity index (χ3n) is 6.96. The summed E-state index contributed by atoms with van der Waals surface area (Å²) < 4.78 is 1.46. The zero-order valence-electron chi connectivity index (χ0n) is 17.9. The lowest BCUT2D eigenvalue weighted by Crippen LogP contribution is -2.49. The molecule has 2 aliphatic heterocycles. The Morgan fingerprint density at radius 2 is 1.66 bits per heavy atom. The standard InChI is InChI=1S/C24H27N5O3/c25-22(30)16-7-11-27(12-8-16)18-9-13-28(14-10-18)23(31)17-5-6-21-26-20-4-2-1-3-19(20)24(32)29(21)15-17/h1-6,15-16,18H,7-14H2,(H2,25,30). The molecule has 2 aliphatic rings. The Morgan fingerprint density at radius 3 is 2.38 bits per heavy atom. The molecule has 0 atom stereocenters. The van der Waals surface area contributed by atoms with Gasteiger partial charge in [-0.2, -0.15) is 0 Å². The lowest BCUT2D eigenvalue weighted by atomic mass is 9.93. The van der Waals surface area contributed by atoms with Crippen LogP contribution in [0.1, 0.15) is 36.0 Å². The van der Waals surface area contributed by atoms with Crippen molar-refractivity contribution >= 4 is 28.4 Å². The second-order valence-electron chi connectivity index (χ2n) is 8.82. The lowest BCUT2D eigenvalue weighted by Gasteiger charge is -2.41. The first kappa shape index (κ1) is 20.6. The molecule has 0 spiro atoms. The molecule has 0 saturated carbocycles. The van der Waals surface area contributed by atoms with E-state index in [2.05, 4.69) is 9.88 Å². The van der Waals surface area contributed by atoms with Crippen LogP contribution in [0, 0.1) is 5.92 Å².